The summed E-state index contributed by atoms with van der Waals surface area (Å²) in [6.07, 6.45) is 1.46. The summed E-state index contributed by atoms with van der Waals surface area (Å²) in [5.74, 6) is 0.828. The Balaban J connectivity index is 1.78. The zero-order chi connectivity index (χ0) is 19.2. The van der Waals surface area contributed by atoms with Gasteiger partial charge in [-0.25, -0.2) is 10.4 Å². The molecule has 0 atom stereocenters. The highest BCUT2D eigenvalue weighted by Crippen LogP contribution is 2.23. The fourth-order valence-electron chi connectivity index (χ4n) is 2.54. The van der Waals surface area contributed by atoms with Crippen LogP contribution in [0, 0.1) is 0 Å². The van der Waals surface area contributed by atoms with E-state index in [2.05, 4.69) is 15.5 Å². The number of hydrogen-bond acceptors (Lipinski definition) is 5. The van der Waals surface area contributed by atoms with Gasteiger partial charge in [0, 0.05) is 17.0 Å². The summed E-state index contributed by atoms with van der Waals surface area (Å²) in [5, 5.41) is 5.15. The van der Waals surface area contributed by atoms with Crippen molar-refractivity contribution in [2.45, 2.75) is 6.92 Å². The van der Waals surface area contributed by atoms with Gasteiger partial charge in [0.25, 0.3) is 5.91 Å². The van der Waals surface area contributed by atoms with Crippen LogP contribution in [0.4, 0.5) is 0 Å². The maximum Gasteiger partial charge on any atom is 0.275 e. The standard InChI is InChI=1S/C20H18ClN3O3/c1-3-27-15-9-8-13-10-14(19(21)23-17(13)11-15)12-22-24-20(25)16-6-4-5-7-18(16)26-2/h4-12H,3H2,1-2H3,(H,24,25). The number of nitrogens with one attached hydrogen (secondary N) is 1. The van der Waals surface area contributed by atoms with Gasteiger partial charge in [-0.3, -0.25) is 4.79 Å². The summed E-state index contributed by atoms with van der Waals surface area (Å²) in [6, 6.07) is 14.3. The molecule has 27 heavy (non-hydrogen) atoms. The van der Waals surface area contributed by atoms with E-state index in [1.807, 2.05) is 31.2 Å². The number of halogens is 1. The molecule has 2 aromatic carbocycles. The Morgan fingerprint density at radius 1 is 1.26 bits per heavy atom. The Morgan fingerprint density at radius 3 is 2.85 bits per heavy atom. The summed E-state index contributed by atoms with van der Waals surface area (Å²) < 4.78 is 10.6. The number of ether oxygens (including phenoxy) is 2. The Morgan fingerprint density at radius 2 is 2.07 bits per heavy atom. The average Bonchev–Trinajstić information content (AvgIpc) is 2.68. The number of pyridine rings is 1. The second-order valence-corrected chi connectivity index (χ2v) is 5.91. The van der Waals surface area contributed by atoms with Crippen LogP contribution in [-0.4, -0.2) is 30.8 Å². The number of nitrogens with zero attached hydrogens (tertiary/aromatic N) is 2. The van der Waals surface area contributed by atoms with Crippen molar-refractivity contribution in [1.29, 1.82) is 0 Å². The normalized spacial score (nSPS) is 10.9. The Hall–Kier alpha value is -3.12. The van der Waals surface area contributed by atoms with Gasteiger partial charge in [0.1, 0.15) is 16.7 Å². The number of aromatic nitrogens is 1. The highest BCUT2D eigenvalue weighted by atomic mass is 35.5. The highest BCUT2D eigenvalue weighted by Gasteiger charge is 2.10. The molecule has 1 aromatic heterocycles. The average molecular weight is 384 g/mol. The summed E-state index contributed by atoms with van der Waals surface area (Å²) in [4.78, 5) is 16.6. The molecule has 0 bridgehead atoms. The van der Waals surface area contributed by atoms with Crippen LogP contribution in [0.5, 0.6) is 11.5 Å². The van der Waals surface area contributed by atoms with Crippen LogP contribution < -0.4 is 14.9 Å². The first-order chi connectivity index (χ1) is 13.1. The van der Waals surface area contributed by atoms with Crippen LogP contribution in [0.2, 0.25) is 5.15 Å². The fourth-order valence-corrected chi connectivity index (χ4v) is 2.73. The summed E-state index contributed by atoms with van der Waals surface area (Å²) in [6.45, 7) is 2.50. The van der Waals surface area contributed by atoms with Crippen molar-refractivity contribution in [2.24, 2.45) is 5.10 Å². The molecule has 0 aliphatic rings. The molecule has 1 amide bonds. The van der Waals surface area contributed by atoms with Crippen LogP contribution in [0.1, 0.15) is 22.8 Å². The van der Waals surface area contributed by atoms with E-state index in [9.17, 15) is 4.79 Å². The van der Waals surface area contributed by atoms with Crippen molar-refractivity contribution in [3.63, 3.8) is 0 Å². The number of benzene rings is 2. The number of para-hydroxylation sites is 1. The van der Waals surface area contributed by atoms with Crippen molar-refractivity contribution in [3.05, 3.63) is 64.8 Å². The minimum atomic E-state index is -0.380. The molecule has 138 valence electrons. The van der Waals surface area contributed by atoms with E-state index in [4.69, 9.17) is 21.1 Å². The molecule has 3 aromatic rings. The molecular formula is C20H18ClN3O3. The molecule has 3 rings (SSSR count). The van der Waals surface area contributed by atoms with Crippen LogP contribution in [0.3, 0.4) is 0 Å². The van der Waals surface area contributed by atoms with Crippen molar-refractivity contribution in [3.8, 4) is 11.5 Å². The lowest BCUT2D eigenvalue weighted by Crippen LogP contribution is -2.18. The topological polar surface area (TPSA) is 72.8 Å². The Kier molecular flexibility index (Phi) is 5.88. The lowest BCUT2D eigenvalue weighted by Gasteiger charge is -2.07. The number of carbonyl (C=O) groups is 1. The molecule has 0 aliphatic carbocycles. The van der Waals surface area contributed by atoms with Gasteiger partial charge in [-0.15, -0.1) is 0 Å². The van der Waals surface area contributed by atoms with Gasteiger partial charge in [-0.1, -0.05) is 23.7 Å². The van der Waals surface area contributed by atoms with Gasteiger partial charge in [0.15, 0.2) is 0 Å². The smallest absolute Gasteiger partial charge is 0.275 e. The van der Waals surface area contributed by atoms with Crippen molar-refractivity contribution in [1.82, 2.24) is 10.4 Å². The van der Waals surface area contributed by atoms with E-state index in [0.29, 0.717) is 23.5 Å². The molecule has 0 spiro atoms. The first-order valence-corrected chi connectivity index (χ1v) is 8.69. The Labute approximate surface area is 161 Å². The molecule has 0 saturated carbocycles. The van der Waals surface area contributed by atoms with E-state index < -0.39 is 0 Å². The zero-order valence-electron chi connectivity index (χ0n) is 14.9. The maximum absolute atomic E-state index is 12.2. The van der Waals surface area contributed by atoms with E-state index >= 15 is 0 Å². The summed E-state index contributed by atoms with van der Waals surface area (Å²) >= 11 is 6.24. The predicted octanol–water partition coefficient (Wildman–Crippen LogP) is 4.06. The van der Waals surface area contributed by atoms with E-state index in [-0.39, 0.29) is 11.1 Å². The van der Waals surface area contributed by atoms with Crippen LogP contribution in [-0.2, 0) is 0 Å². The first-order valence-electron chi connectivity index (χ1n) is 8.32. The SMILES string of the molecule is CCOc1ccc2cc(C=NNC(=O)c3ccccc3OC)c(Cl)nc2c1. The minimum absolute atomic E-state index is 0.284. The monoisotopic (exact) mass is 383 g/mol. The van der Waals surface area contributed by atoms with Gasteiger partial charge in [0.05, 0.1) is 31.0 Å². The number of fused-ring (bicyclic) bond motifs is 1. The molecular weight excluding hydrogens is 366 g/mol. The third-order valence-electron chi connectivity index (χ3n) is 3.80. The Bertz CT molecular complexity index is 1000. The molecule has 7 heteroatoms. The largest absolute Gasteiger partial charge is 0.496 e. The zero-order valence-corrected chi connectivity index (χ0v) is 15.7. The predicted molar refractivity (Wildman–Crippen MR) is 106 cm³/mol. The minimum Gasteiger partial charge on any atom is -0.496 e. The van der Waals surface area contributed by atoms with Gasteiger partial charge in [0.2, 0.25) is 0 Å². The lowest BCUT2D eigenvalue weighted by molar-refractivity contribution is 0.0952. The molecule has 0 saturated heterocycles. The number of rotatable bonds is 6. The second-order valence-electron chi connectivity index (χ2n) is 5.56. The van der Waals surface area contributed by atoms with Gasteiger partial charge in [-0.05, 0) is 37.3 Å². The third-order valence-corrected chi connectivity index (χ3v) is 4.10. The van der Waals surface area contributed by atoms with Crippen LogP contribution >= 0.6 is 11.6 Å². The van der Waals surface area contributed by atoms with Gasteiger partial charge < -0.3 is 9.47 Å². The maximum atomic E-state index is 12.2. The molecule has 0 radical (unpaired) electrons. The van der Waals surface area contributed by atoms with Crippen LogP contribution in [0.15, 0.2) is 53.6 Å². The van der Waals surface area contributed by atoms with Crippen molar-refractivity contribution in [2.75, 3.05) is 13.7 Å². The molecule has 6 nitrogen and oxygen atoms in total. The lowest BCUT2D eigenvalue weighted by atomic mass is 10.1. The molecule has 1 N–H and O–H groups in total. The molecule has 0 unspecified atom stereocenters. The molecule has 0 fully saturated rings. The number of methoxy groups -OCH3 is 1. The summed E-state index contributed by atoms with van der Waals surface area (Å²) in [7, 11) is 1.51. The number of hydrogen-bond donors (Lipinski definition) is 1. The highest BCUT2D eigenvalue weighted by molar-refractivity contribution is 6.32. The first kappa shape index (κ1) is 18.7. The van der Waals surface area contributed by atoms with Crippen molar-refractivity contribution < 1.29 is 14.3 Å². The van der Waals surface area contributed by atoms with E-state index in [1.54, 1.807) is 24.3 Å². The quantitative estimate of drug-likeness (QED) is 0.396. The van der Waals surface area contributed by atoms with E-state index in [1.165, 1.54) is 13.3 Å². The molecule has 0 aliphatic heterocycles. The fraction of sp³-hybridized carbons (Fsp3) is 0.150. The van der Waals surface area contributed by atoms with Crippen LogP contribution in [0.25, 0.3) is 10.9 Å². The van der Waals surface area contributed by atoms with Gasteiger partial charge in [-0.2, -0.15) is 5.10 Å². The van der Waals surface area contributed by atoms with Crippen molar-refractivity contribution >= 4 is 34.6 Å². The van der Waals surface area contributed by atoms with Gasteiger partial charge >= 0.3 is 0 Å². The number of amides is 1. The number of carbonyl (C=O) groups excluding carboxylic acids is 1. The number of hydrazone groups is 1. The molecule has 1 heterocycles. The third kappa shape index (κ3) is 4.35. The summed E-state index contributed by atoms with van der Waals surface area (Å²) in [5.41, 5.74) is 4.17. The van der Waals surface area contributed by atoms with E-state index in [0.717, 1.165) is 16.7 Å². The second kappa shape index (κ2) is 8.51.